The first-order valence-corrected chi connectivity index (χ1v) is 8.30. The second-order valence-corrected chi connectivity index (χ2v) is 7.00. The van der Waals surface area contributed by atoms with Gasteiger partial charge in [-0.3, -0.25) is 0 Å². The Kier molecular flexibility index (Phi) is 4.53. The predicted octanol–water partition coefficient (Wildman–Crippen LogP) is 3.48. The molecule has 21 heavy (non-hydrogen) atoms. The summed E-state index contributed by atoms with van der Waals surface area (Å²) in [4.78, 5) is 2.54. The summed E-state index contributed by atoms with van der Waals surface area (Å²) < 4.78 is 14.1. The number of nitrogens with one attached hydrogen (secondary N) is 1. The summed E-state index contributed by atoms with van der Waals surface area (Å²) in [6.45, 7) is 0. The summed E-state index contributed by atoms with van der Waals surface area (Å²) in [6, 6.07) is 7.07. The minimum absolute atomic E-state index is 0.228. The molecule has 0 radical (unpaired) electrons. The molecule has 0 amide bonds. The van der Waals surface area contributed by atoms with E-state index in [1.807, 2.05) is 19.2 Å². The molecule has 3 atom stereocenters. The molecule has 2 fully saturated rings. The van der Waals surface area contributed by atoms with Gasteiger partial charge < -0.3 is 10.2 Å². The highest BCUT2D eigenvalue weighted by Gasteiger charge is 2.40. The lowest BCUT2D eigenvalue weighted by atomic mass is 9.82. The van der Waals surface area contributed by atoms with Crippen LogP contribution in [-0.2, 0) is 6.42 Å². The largest absolute Gasteiger partial charge is 0.316 e. The van der Waals surface area contributed by atoms with E-state index in [4.69, 9.17) is 11.6 Å². The van der Waals surface area contributed by atoms with Crippen molar-refractivity contribution in [2.75, 3.05) is 14.1 Å². The third-order valence-corrected chi connectivity index (χ3v) is 5.84. The molecular weight excluding hydrogens is 287 g/mol. The van der Waals surface area contributed by atoms with Gasteiger partial charge in [0, 0.05) is 18.1 Å². The van der Waals surface area contributed by atoms with Gasteiger partial charge in [0.15, 0.2) is 0 Å². The summed E-state index contributed by atoms with van der Waals surface area (Å²) >= 11 is 5.90. The fraction of sp³-hybridized carbons (Fsp3) is 0.647. The molecule has 1 aromatic carbocycles. The normalized spacial score (nSPS) is 30.6. The predicted molar refractivity (Wildman–Crippen MR) is 85.3 cm³/mol. The van der Waals surface area contributed by atoms with Crippen LogP contribution in [0.1, 0.15) is 31.2 Å². The molecule has 2 heterocycles. The van der Waals surface area contributed by atoms with E-state index in [9.17, 15) is 4.39 Å². The first-order valence-electron chi connectivity index (χ1n) is 7.92. The SMILES string of the molecule is CNC(Cc1cccc(Cl)c1F)C1CC2CCC(C1)N2C. The number of nitrogens with zero attached hydrogens (tertiary/aromatic N) is 1. The number of halogens is 2. The van der Waals surface area contributed by atoms with Crippen LogP contribution in [0.4, 0.5) is 4.39 Å². The fourth-order valence-electron chi connectivity index (χ4n) is 4.23. The van der Waals surface area contributed by atoms with Gasteiger partial charge in [-0.25, -0.2) is 4.39 Å². The third-order valence-electron chi connectivity index (χ3n) is 5.55. The molecule has 1 N–H and O–H groups in total. The van der Waals surface area contributed by atoms with Crippen LogP contribution < -0.4 is 5.32 Å². The van der Waals surface area contributed by atoms with E-state index in [1.54, 1.807) is 6.07 Å². The Hall–Kier alpha value is -0.640. The number of piperidine rings is 1. The van der Waals surface area contributed by atoms with Crippen LogP contribution in [0.5, 0.6) is 0 Å². The van der Waals surface area contributed by atoms with Crippen molar-refractivity contribution < 1.29 is 4.39 Å². The molecule has 116 valence electrons. The standard InChI is InChI=1S/C17H24ClFN2/c1-20-16(10-11-4-3-5-15(18)17(11)19)12-8-13-6-7-14(9-12)21(13)2/h3-5,12-14,16,20H,6-10H2,1-2H3. The Labute approximate surface area is 131 Å². The van der Waals surface area contributed by atoms with Crippen LogP contribution in [0.15, 0.2) is 18.2 Å². The molecule has 3 unspecified atom stereocenters. The van der Waals surface area contributed by atoms with E-state index < -0.39 is 0 Å². The number of hydrogen-bond acceptors (Lipinski definition) is 2. The van der Waals surface area contributed by atoms with Gasteiger partial charge >= 0.3 is 0 Å². The Balaban J connectivity index is 1.72. The number of likely N-dealkylation sites (N-methyl/N-ethyl adjacent to an activating group) is 1. The molecule has 0 saturated carbocycles. The molecule has 2 aliphatic heterocycles. The average molecular weight is 311 g/mol. The highest BCUT2D eigenvalue weighted by Crippen LogP contribution is 2.39. The second-order valence-electron chi connectivity index (χ2n) is 6.59. The van der Waals surface area contributed by atoms with Crippen molar-refractivity contribution in [1.82, 2.24) is 10.2 Å². The maximum atomic E-state index is 14.1. The van der Waals surface area contributed by atoms with Gasteiger partial charge in [-0.2, -0.15) is 0 Å². The minimum atomic E-state index is -0.254. The van der Waals surface area contributed by atoms with Crippen molar-refractivity contribution in [2.24, 2.45) is 5.92 Å². The molecule has 0 aromatic heterocycles. The summed E-state index contributed by atoms with van der Waals surface area (Å²) in [5, 5.41) is 3.65. The van der Waals surface area contributed by atoms with Crippen molar-refractivity contribution in [3.63, 3.8) is 0 Å². The van der Waals surface area contributed by atoms with Crippen LogP contribution in [0.2, 0.25) is 5.02 Å². The van der Waals surface area contributed by atoms with Crippen LogP contribution in [0.25, 0.3) is 0 Å². The van der Waals surface area contributed by atoms with Gasteiger partial charge in [-0.15, -0.1) is 0 Å². The van der Waals surface area contributed by atoms with E-state index >= 15 is 0 Å². The van der Waals surface area contributed by atoms with Crippen LogP contribution in [0.3, 0.4) is 0 Å². The second kappa shape index (κ2) is 6.23. The minimum Gasteiger partial charge on any atom is -0.316 e. The Bertz CT molecular complexity index is 494. The number of benzene rings is 1. The molecule has 2 bridgehead atoms. The molecule has 2 nitrogen and oxygen atoms in total. The fourth-order valence-corrected chi connectivity index (χ4v) is 4.42. The van der Waals surface area contributed by atoms with Crippen molar-refractivity contribution in [3.8, 4) is 0 Å². The molecule has 2 aliphatic rings. The average Bonchev–Trinajstić information content (AvgIpc) is 2.70. The lowest BCUT2D eigenvalue weighted by molar-refractivity contribution is 0.114. The number of rotatable bonds is 4. The van der Waals surface area contributed by atoms with Gasteiger partial charge in [0.2, 0.25) is 0 Å². The van der Waals surface area contributed by atoms with Gasteiger partial charge in [-0.1, -0.05) is 23.7 Å². The highest BCUT2D eigenvalue weighted by molar-refractivity contribution is 6.30. The van der Waals surface area contributed by atoms with E-state index in [0.717, 1.165) is 12.0 Å². The molecule has 2 saturated heterocycles. The van der Waals surface area contributed by atoms with E-state index in [1.165, 1.54) is 25.7 Å². The topological polar surface area (TPSA) is 15.3 Å². The maximum absolute atomic E-state index is 14.1. The summed E-state index contributed by atoms with van der Waals surface area (Å²) in [5.74, 6) is 0.373. The van der Waals surface area contributed by atoms with Crippen LogP contribution in [0, 0.1) is 11.7 Å². The summed E-state index contributed by atoms with van der Waals surface area (Å²) in [7, 11) is 4.25. The van der Waals surface area contributed by atoms with Crippen LogP contribution in [-0.4, -0.2) is 37.1 Å². The number of hydrogen-bond donors (Lipinski definition) is 1. The number of fused-ring (bicyclic) bond motifs is 2. The molecule has 0 spiro atoms. The first kappa shape index (κ1) is 15.3. The van der Waals surface area contributed by atoms with E-state index in [0.29, 0.717) is 24.0 Å². The molecular formula is C17H24ClFN2. The Morgan fingerprint density at radius 3 is 2.62 bits per heavy atom. The zero-order chi connectivity index (χ0) is 15.0. The molecule has 4 heteroatoms. The third kappa shape index (κ3) is 2.96. The van der Waals surface area contributed by atoms with Crippen molar-refractivity contribution in [3.05, 3.63) is 34.6 Å². The Morgan fingerprint density at radius 2 is 2.00 bits per heavy atom. The maximum Gasteiger partial charge on any atom is 0.145 e. The van der Waals surface area contributed by atoms with Gasteiger partial charge in [0.25, 0.3) is 0 Å². The lowest BCUT2D eigenvalue weighted by Gasteiger charge is -2.40. The Morgan fingerprint density at radius 1 is 1.33 bits per heavy atom. The van der Waals surface area contributed by atoms with E-state index in [-0.39, 0.29) is 10.8 Å². The summed E-state index contributed by atoms with van der Waals surface area (Å²) in [5.41, 5.74) is 0.730. The zero-order valence-electron chi connectivity index (χ0n) is 12.8. The lowest BCUT2D eigenvalue weighted by Crippen LogP contribution is -2.47. The molecule has 0 aliphatic carbocycles. The van der Waals surface area contributed by atoms with Crippen molar-refractivity contribution in [1.29, 1.82) is 0 Å². The van der Waals surface area contributed by atoms with Gasteiger partial charge in [0.05, 0.1) is 5.02 Å². The van der Waals surface area contributed by atoms with Crippen molar-refractivity contribution >= 4 is 11.6 Å². The van der Waals surface area contributed by atoms with Crippen LogP contribution >= 0.6 is 11.6 Å². The van der Waals surface area contributed by atoms with Crippen molar-refractivity contribution in [2.45, 2.75) is 50.2 Å². The highest BCUT2D eigenvalue weighted by atomic mass is 35.5. The van der Waals surface area contributed by atoms with Gasteiger partial charge in [0.1, 0.15) is 5.82 Å². The van der Waals surface area contributed by atoms with E-state index in [2.05, 4.69) is 17.3 Å². The summed E-state index contributed by atoms with van der Waals surface area (Å²) in [6.07, 6.45) is 5.80. The smallest absolute Gasteiger partial charge is 0.145 e. The quantitative estimate of drug-likeness (QED) is 0.916. The first-order chi connectivity index (χ1) is 10.1. The monoisotopic (exact) mass is 310 g/mol. The zero-order valence-corrected chi connectivity index (χ0v) is 13.5. The molecule has 3 rings (SSSR count). The van der Waals surface area contributed by atoms with Gasteiger partial charge in [-0.05, 0) is 63.7 Å². The molecule has 1 aromatic rings.